The fourth-order valence-electron chi connectivity index (χ4n) is 6.10. The smallest absolute Gasteiger partial charge is 0.303 e. The number of rotatable bonds is 10. The molecule has 0 saturated carbocycles. The molecule has 3 aromatic rings. The van der Waals surface area contributed by atoms with E-state index in [4.69, 9.17) is 28.4 Å². The summed E-state index contributed by atoms with van der Waals surface area (Å²) in [6.07, 6.45) is -5.66. The standard InChI is InChI=1S/C33H36O10/c1-21(35)40-29-28(20-34)43-33(39-5,31(42-23(3)37)30(29)41-22(2)36)32(24-14-8-6-9-15-24,25-16-10-7-11-17-25)26-18-12-13-19-27(26)38-4/h6-19,28-31,34H,20H2,1-5H3/t28-,29-,30+,31+,33-/m1/s1. The average Bonchev–Trinajstić information content (AvgIpc) is 3.00. The highest BCUT2D eigenvalue weighted by Gasteiger charge is 2.71. The second kappa shape index (κ2) is 13.4. The van der Waals surface area contributed by atoms with Gasteiger partial charge in [-0.25, -0.2) is 0 Å². The van der Waals surface area contributed by atoms with Crippen LogP contribution in [-0.2, 0) is 43.5 Å². The first-order valence-electron chi connectivity index (χ1n) is 13.8. The molecule has 1 fully saturated rings. The number of benzene rings is 3. The Hall–Kier alpha value is -4.25. The maximum atomic E-state index is 12.8. The second-order valence-corrected chi connectivity index (χ2v) is 10.1. The molecule has 1 aliphatic heterocycles. The number of hydrogen-bond donors (Lipinski definition) is 1. The molecule has 5 atom stereocenters. The van der Waals surface area contributed by atoms with Crippen LogP contribution >= 0.6 is 0 Å². The summed E-state index contributed by atoms with van der Waals surface area (Å²) in [5.74, 6) is -3.84. The Kier molecular flexibility index (Phi) is 9.85. The third-order valence-electron chi connectivity index (χ3n) is 7.52. The van der Waals surface area contributed by atoms with Gasteiger partial charge in [0.25, 0.3) is 0 Å². The van der Waals surface area contributed by atoms with Gasteiger partial charge in [-0.3, -0.25) is 14.4 Å². The highest BCUT2D eigenvalue weighted by Crippen LogP contribution is 2.57. The van der Waals surface area contributed by atoms with E-state index in [0.717, 1.165) is 0 Å². The van der Waals surface area contributed by atoms with Gasteiger partial charge in [-0.05, 0) is 17.2 Å². The summed E-state index contributed by atoms with van der Waals surface area (Å²) in [5, 5.41) is 10.7. The van der Waals surface area contributed by atoms with E-state index in [9.17, 15) is 19.5 Å². The van der Waals surface area contributed by atoms with Gasteiger partial charge in [-0.1, -0.05) is 78.9 Å². The fourth-order valence-corrected chi connectivity index (χ4v) is 6.10. The third-order valence-corrected chi connectivity index (χ3v) is 7.52. The zero-order valence-electron chi connectivity index (χ0n) is 24.7. The van der Waals surface area contributed by atoms with Crippen LogP contribution in [0.1, 0.15) is 37.5 Å². The van der Waals surface area contributed by atoms with E-state index in [2.05, 4.69) is 0 Å². The molecule has 0 aliphatic carbocycles. The van der Waals surface area contributed by atoms with Gasteiger partial charge in [-0.15, -0.1) is 0 Å². The number of carbonyl (C=O) groups excluding carboxylic acids is 3. The minimum atomic E-state index is -2.07. The molecule has 0 bridgehead atoms. The lowest BCUT2D eigenvalue weighted by atomic mass is 9.60. The van der Waals surface area contributed by atoms with Gasteiger partial charge in [0.05, 0.1) is 13.7 Å². The summed E-state index contributed by atoms with van der Waals surface area (Å²) in [6.45, 7) is 2.87. The van der Waals surface area contributed by atoms with E-state index in [0.29, 0.717) is 22.4 Å². The summed E-state index contributed by atoms with van der Waals surface area (Å²) in [6, 6.07) is 25.7. The van der Waals surface area contributed by atoms with E-state index in [1.807, 2.05) is 78.9 Å². The van der Waals surface area contributed by atoms with Crippen molar-refractivity contribution in [1.82, 2.24) is 0 Å². The molecule has 0 amide bonds. The van der Waals surface area contributed by atoms with Crippen LogP contribution in [0.3, 0.4) is 0 Å². The van der Waals surface area contributed by atoms with Gasteiger partial charge < -0.3 is 33.5 Å². The van der Waals surface area contributed by atoms with Gasteiger partial charge in [0.2, 0.25) is 5.79 Å². The highest BCUT2D eigenvalue weighted by molar-refractivity contribution is 5.69. The Morgan fingerprint density at radius 1 is 0.744 bits per heavy atom. The Bertz CT molecular complexity index is 1370. The number of methoxy groups -OCH3 is 2. The van der Waals surface area contributed by atoms with Crippen LogP contribution in [0.4, 0.5) is 0 Å². The Morgan fingerprint density at radius 3 is 1.70 bits per heavy atom. The van der Waals surface area contributed by atoms with E-state index < -0.39 is 60.1 Å². The maximum Gasteiger partial charge on any atom is 0.303 e. The van der Waals surface area contributed by atoms with Crippen molar-refractivity contribution in [2.45, 2.75) is 56.4 Å². The topological polar surface area (TPSA) is 127 Å². The van der Waals surface area contributed by atoms with Crippen LogP contribution in [0, 0.1) is 0 Å². The van der Waals surface area contributed by atoms with Crippen molar-refractivity contribution in [2.24, 2.45) is 0 Å². The van der Waals surface area contributed by atoms with Crippen LogP contribution < -0.4 is 4.74 Å². The van der Waals surface area contributed by atoms with Crippen molar-refractivity contribution in [2.75, 3.05) is 20.8 Å². The lowest BCUT2D eigenvalue weighted by Crippen LogP contribution is -2.75. The fraction of sp³-hybridized carbons (Fsp3) is 0.364. The number of carbonyl (C=O) groups is 3. The highest BCUT2D eigenvalue weighted by atomic mass is 16.7. The number of aliphatic hydroxyl groups is 1. The van der Waals surface area contributed by atoms with Gasteiger partial charge >= 0.3 is 17.9 Å². The monoisotopic (exact) mass is 592 g/mol. The molecule has 228 valence electrons. The number of ether oxygens (including phenoxy) is 6. The summed E-state index contributed by atoms with van der Waals surface area (Å²) < 4.78 is 36.4. The molecule has 0 spiro atoms. The SMILES string of the molecule is COc1ccccc1C(c1ccccc1)(c1ccccc1)[C@]1(OC)O[C@H](CO)[C@@H](OC(C)=O)[C@H](OC(C)=O)[C@@H]1OC(C)=O. The van der Waals surface area contributed by atoms with E-state index >= 15 is 0 Å². The predicted octanol–water partition coefficient (Wildman–Crippen LogP) is 3.56. The lowest BCUT2D eigenvalue weighted by molar-refractivity contribution is -0.374. The van der Waals surface area contributed by atoms with Crippen LogP contribution in [0.15, 0.2) is 84.9 Å². The molecule has 10 nitrogen and oxygen atoms in total. The van der Waals surface area contributed by atoms with Gasteiger partial charge in [0.1, 0.15) is 17.3 Å². The average molecular weight is 593 g/mol. The van der Waals surface area contributed by atoms with Gasteiger partial charge in [0, 0.05) is 33.4 Å². The molecule has 10 heteroatoms. The Labute approximate surface area is 250 Å². The molecule has 1 heterocycles. The normalized spacial score (nSPS) is 23.6. The van der Waals surface area contributed by atoms with Gasteiger partial charge in [-0.2, -0.15) is 0 Å². The van der Waals surface area contributed by atoms with Crippen molar-refractivity contribution in [3.8, 4) is 5.75 Å². The summed E-state index contributed by atoms with van der Waals surface area (Å²) in [7, 11) is 2.90. The minimum Gasteiger partial charge on any atom is -0.496 e. The zero-order chi connectivity index (χ0) is 31.2. The lowest BCUT2D eigenvalue weighted by Gasteiger charge is -2.58. The zero-order valence-corrected chi connectivity index (χ0v) is 24.7. The van der Waals surface area contributed by atoms with Gasteiger partial charge in [0.15, 0.2) is 18.3 Å². The van der Waals surface area contributed by atoms with Crippen molar-refractivity contribution >= 4 is 17.9 Å². The molecule has 1 N–H and O–H groups in total. The number of hydrogen-bond acceptors (Lipinski definition) is 10. The van der Waals surface area contributed by atoms with Crippen molar-refractivity contribution < 1.29 is 47.9 Å². The minimum absolute atomic E-state index is 0.448. The van der Waals surface area contributed by atoms with Crippen LogP contribution in [0.5, 0.6) is 5.75 Å². The molecule has 1 saturated heterocycles. The molecule has 0 aromatic heterocycles. The van der Waals surface area contributed by atoms with E-state index in [1.54, 1.807) is 6.07 Å². The largest absolute Gasteiger partial charge is 0.496 e. The number of para-hydroxylation sites is 1. The Morgan fingerprint density at radius 2 is 1.23 bits per heavy atom. The first kappa shape index (κ1) is 31.7. The maximum absolute atomic E-state index is 12.8. The second-order valence-electron chi connectivity index (χ2n) is 10.1. The molecule has 1 aliphatic rings. The summed E-state index contributed by atoms with van der Waals surface area (Å²) in [4.78, 5) is 37.6. The molecule has 0 unspecified atom stereocenters. The van der Waals surface area contributed by atoms with E-state index in [1.165, 1.54) is 35.0 Å². The van der Waals surface area contributed by atoms with Crippen LogP contribution in [0.25, 0.3) is 0 Å². The quantitative estimate of drug-likeness (QED) is 0.212. The first-order valence-corrected chi connectivity index (χ1v) is 13.8. The summed E-state index contributed by atoms with van der Waals surface area (Å²) in [5.41, 5.74) is 0.296. The van der Waals surface area contributed by atoms with Crippen LogP contribution in [-0.4, -0.2) is 74.0 Å². The number of aliphatic hydroxyl groups excluding tert-OH is 1. The van der Waals surface area contributed by atoms with E-state index in [-0.39, 0.29) is 0 Å². The molecule has 3 aromatic carbocycles. The molecule has 0 radical (unpaired) electrons. The first-order chi connectivity index (χ1) is 20.7. The molecular weight excluding hydrogens is 556 g/mol. The van der Waals surface area contributed by atoms with Crippen molar-refractivity contribution in [3.63, 3.8) is 0 Å². The Balaban J connectivity index is 2.23. The summed E-state index contributed by atoms with van der Waals surface area (Å²) >= 11 is 0. The number of esters is 3. The van der Waals surface area contributed by atoms with Crippen LogP contribution in [0.2, 0.25) is 0 Å². The molecule has 43 heavy (non-hydrogen) atoms. The molecular formula is C33H36O10. The van der Waals surface area contributed by atoms with Crippen molar-refractivity contribution in [3.05, 3.63) is 102 Å². The molecule has 4 rings (SSSR count). The third kappa shape index (κ3) is 5.73. The van der Waals surface area contributed by atoms with Crippen molar-refractivity contribution in [1.29, 1.82) is 0 Å². The predicted molar refractivity (Wildman–Crippen MR) is 154 cm³/mol.